The summed E-state index contributed by atoms with van der Waals surface area (Å²) in [4.78, 5) is 0. The molecule has 0 heterocycles. The van der Waals surface area contributed by atoms with Crippen molar-refractivity contribution >= 4 is 11.8 Å². The van der Waals surface area contributed by atoms with Gasteiger partial charge in [-0.1, -0.05) is 6.92 Å². The molecule has 9 heavy (non-hydrogen) atoms. The SMILES string of the molecule is CCCOC=CCSC. The van der Waals surface area contributed by atoms with Crippen molar-refractivity contribution in [2.75, 3.05) is 18.6 Å². The van der Waals surface area contributed by atoms with Crippen molar-refractivity contribution in [3.8, 4) is 0 Å². The van der Waals surface area contributed by atoms with E-state index in [-0.39, 0.29) is 0 Å². The van der Waals surface area contributed by atoms with Crippen LogP contribution in [-0.2, 0) is 4.74 Å². The highest BCUT2D eigenvalue weighted by molar-refractivity contribution is 7.98. The van der Waals surface area contributed by atoms with E-state index in [9.17, 15) is 0 Å². The molecule has 0 atom stereocenters. The Morgan fingerprint density at radius 3 is 2.89 bits per heavy atom. The van der Waals surface area contributed by atoms with Gasteiger partial charge in [-0.3, -0.25) is 0 Å². The molecule has 0 amide bonds. The third-order valence-corrected chi connectivity index (χ3v) is 1.30. The van der Waals surface area contributed by atoms with Gasteiger partial charge in [0, 0.05) is 5.75 Å². The van der Waals surface area contributed by atoms with E-state index in [4.69, 9.17) is 4.74 Å². The fourth-order valence-electron chi connectivity index (χ4n) is 0.389. The van der Waals surface area contributed by atoms with Gasteiger partial charge in [0.2, 0.25) is 0 Å². The predicted octanol–water partition coefficient (Wildman–Crippen LogP) is 2.29. The fraction of sp³-hybridized carbons (Fsp3) is 0.714. The van der Waals surface area contributed by atoms with Crippen molar-refractivity contribution in [3.05, 3.63) is 12.3 Å². The van der Waals surface area contributed by atoms with Crippen LogP contribution in [0, 0.1) is 0 Å². The monoisotopic (exact) mass is 146 g/mol. The third-order valence-electron chi connectivity index (χ3n) is 0.777. The van der Waals surface area contributed by atoms with Gasteiger partial charge < -0.3 is 4.74 Å². The van der Waals surface area contributed by atoms with Crippen LogP contribution in [0.4, 0.5) is 0 Å². The molecule has 54 valence electrons. The zero-order valence-electron chi connectivity index (χ0n) is 6.09. The zero-order valence-corrected chi connectivity index (χ0v) is 6.91. The second kappa shape index (κ2) is 7.89. The summed E-state index contributed by atoms with van der Waals surface area (Å²) >= 11 is 1.79. The summed E-state index contributed by atoms with van der Waals surface area (Å²) in [7, 11) is 0. The van der Waals surface area contributed by atoms with E-state index in [1.54, 1.807) is 18.0 Å². The number of thioether (sulfide) groups is 1. The van der Waals surface area contributed by atoms with Gasteiger partial charge in [-0.15, -0.1) is 0 Å². The van der Waals surface area contributed by atoms with Crippen LogP contribution in [0.15, 0.2) is 12.3 Å². The molecule has 0 rings (SSSR count). The number of rotatable bonds is 5. The van der Waals surface area contributed by atoms with Gasteiger partial charge in [0.1, 0.15) is 0 Å². The standard InChI is InChI=1S/C7H14OS/c1-3-5-8-6-4-7-9-2/h4,6H,3,5,7H2,1-2H3. The minimum absolute atomic E-state index is 0.838. The molecule has 0 spiro atoms. The molecule has 0 unspecified atom stereocenters. The van der Waals surface area contributed by atoms with Crippen molar-refractivity contribution in [1.29, 1.82) is 0 Å². The van der Waals surface area contributed by atoms with Crippen molar-refractivity contribution in [2.45, 2.75) is 13.3 Å². The van der Waals surface area contributed by atoms with Gasteiger partial charge in [0.05, 0.1) is 12.9 Å². The lowest BCUT2D eigenvalue weighted by Crippen LogP contribution is -1.82. The summed E-state index contributed by atoms with van der Waals surface area (Å²) in [6, 6.07) is 0. The smallest absolute Gasteiger partial charge is 0.0870 e. The second-order valence-electron chi connectivity index (χ2n) is 1.70. The number of ether oxygens (including phenoxy) is 1. The first-order valence-electron chi connectivity index (χ1n) is 3.17. The molecule has 1 nitrogen and oxygen atoms in total. The predicted molar refractivity (Wildman–Crippen MR) is 43.8 cm³/mol. The Bertz CT molecular complexity index is 71.3. The van der Waals surface area contributed by atoms with E-state index in [1.807, 2.05) is 6.08 Å². The molecule has 0 N–H and O–H groups in total. The van der Waals surface area contributed by atoms with Crippen LogP contribution in [-0.4, -0.2) is 18.6 Å². The molecule has 2 heteroatoms. The van der Waals surface area contributed by atoms with Crippen LogP contribution in [0.5, 0.6) is 0 Å². The minimum atomic E-state index is 0.838. The number of hydrogen-bond acceptors (Lipinski definition) is 2. The molecule has 0 bridgehead atoms. The van der Waals surface area contributed by atoms with Crippen molar-refractivity contribution in [1.82, 2.24) is 0 Å². The molecular formula is C7H14OS. The topological polar surface area (TPSA) is 9.23 Å². The van der Waals surface area contributed by atoms with Crippen molar-refractivity contribution in [3.63, 3.8) is 0 Å². The van der Waals surface area contributed by atoms with E-state index in [0.717, 1.165) is 18.8 Å². The van der Waals surface area contributed by atoms with Crippen LogP contribution in [0.2, 0.25) is 0 Å². The van der Waals surface area contributed by atoms with Crippen LogP contribution in [0.3, 0.4) is 0 Å². The molecule has 0 aliphatic carbocycles. The maximum Gasteiger partial charge on any atom is 0.0870 e. The molecular weight excluding hydrogens is 132 g/mol. The van der Waals surface area contributed by atoms with Gasteiger partial charge in [-0.2, -0.15) is 11.8 Å². The Hall–Kier alpha value is -0.110. The normalized spacial score (nSPS) is 10.4. The van der Waals surface area contributed by atoms with Crippen LogP contribution in [0.25, 0.3) is 0 Å². The van der Waals surface area contributed by atoms with Crippen LogP contribution in [0.1, 0.15) is 13.3 Å². The Morgan fingerprint density at radius 2 is 2.33 bits per heavy atom. The minimum Gasteiger partial charge on any atom is -0.502 e. The summed E-state index contributed by atoms with van der Waals surface area (Å²) in [6.07, 6.45) is 6.97. The molecule has 0 aliphatic heterocycles. The highest BCUT2D eigenvalue weighted by atomic mass is 32.2. The quantitative estimate of drug-likeness (QED) is 0.435. The fourth-order valence-corrected chi connectivity index (χ4v) is 0.660. The second-order valence-corrected chi connectivity index (χ2v) is 2.61. The summed E-state index contributed by atoms with van der Waals surface area (Å²) in [6.45, 7) is 2.94. The Labute approximate surface area is 61.5 Å². The summed E-state index contributed by atoms with van der Waals surface area (Å²) in [5.74, 6) is 1.05. The first-order valence-corrected chi connectivity index (χ1v) is 4.56. The largest absolute Gasteiger partial charge is 0.502 e. The average Bonchev–Trinajstić information content (AvgIpc) is 1.89. The van der Waals surface area contributed by atoms with E-state index in [0.29, 0.717) is 0 Å². The van der Waals surface area contributed by atoms with Gasteiger partial charge in [0.25, 0.3) is 0 Å². The maximum absolute atomic E-state index is 5.09. The summed E-state index contributed by atoms with van der Waals surface area (Å²) in [5, 5.41) is 0. The lowest BCUT2D eigenvalue weighted by molar-refractivity contribution is 0.249. The first-order chi connectivity index (χ1) is 4.41. The zero-order chi connectivity index (χ0) is 6.95. The molecule has 0 saturated carbocycles. The lowest BCUT2D eigenvalue weighted by Gasteiger charge is -1.93. The van der Waals surface area contributed by atoms with Crippen LogP contribution >= 0.6 is 11.8 Å². The van der Waals surface area contributed by atoms with E-state index in [2.05, 4.69) is 13.2 Å². The Balaban J connectivity index is 2.86. The molecule has 0 aromatic carbocycles. The van der Waals surface area contributed by atoms with E-state index >= 15 is 0 Å². The van der Waals surface area contributed by atoms with Crippen molar-refractivity contribution < 1.29 is 4.74 Å². The van der Waals surface area contributed by atoms with Crippen molar-refractivity contribution in [2.24, 2.45) is 0 Å². The molecule has 0 saturated heterocycles. The molecule has 0 aromatic rings. The summed E-state index contributed by atoms with van der Waals surface area (Å²) in [5.41, 5.74) is 0. The van der Waals surface area contributed by atoms with Gasteiger partial charge >= 0.3 is 0 Å². The van der Waals surface area contributed by atoms with E-state index in [1.165, 1.54) is 0 Å². The van der Waals surface area contributed by atoms with E-state index < -0.39 is 0 Å². The molecule has 0 aromatic heterocycles. The number of hydrogen-bond donors (Lipinski definition) is 0. The molecule has 0 fully saturated rings. The first kappa shape index (κ1) is 8.89. The van der Waals surface area contributed by atoms with Gasteiger partial charge in [-0.05, 0) is 18.8 Å². The highest BCUT2D eigenvalue weighted by Crippen LogP contribution is 1.91. The van der Waals surface area contributed by atoms with Gasteiger partial charge in [0.15, 0.2) is 0 Å². The Morgan fingerprint density at radius 1 is 1.56 bits per heavy atom. The van der Waals surface area contributed by atoms with Crippen LogP contribution < -0.4 is 0 Å². The maximum atomic E-state index is 5.09. The molecule has 0 aliphatic rings. The lowest BCUT2D eigenvalue weighted by atomic mass is 10.5. The highest BCUT2D eigenvalue weighted by Gasteiger charge is 1.74. The van der Waals surface area contributed by atoms with Gasteiger partial charge in [-0.25, -0.2) is 0 Å². The third kappa shape index (κ3) is 7.89. The summed E-state index contributed by atoms with van der Waals surface area (Å²) < 4.78 is 5.09. The average molecular weight is 146 g/mol. The Kier molecular flexibility index (Phi) is 7.79. The molecule has 0 radical (unpaired) electrons.